The van der Waals surface area contributed by atoms with Gasteiger partial charge in [0.2, 0.25) is 17.8 Å². The average molecular weight is 278 g/mol. The Hall–Kier alpha value is -1.59. The highest BCUT2D eigenvalue weighted by molar-refractivity contribution is 5.43. The van der Waals surface area contributed by atoms with Crippen molar-refractivity contribution >= 4 is 17.8 Å². The molecule has 1 aliphatic carbocycles. The van der Waals surface area contributed by atoms with Gasteiger partial charge in [0.15, 0.2) is 0 Å². The molecule has 1 aromatic heterocycles. The van der Waals surface area contributed by atoms with Crippen molar-refractivity contribution in [2.75, 3.05) is 36.2 Å². The van der Waals surface area contributed by atoms with Gasteiger partial charge < -0.3 is 15.5 Å². The summed E-state index contributed by atoms with van der Waals surface area (Å²) in [7, 11) is 3.89. The molecule has 1 aromatic rings. The Labute approximate surface area is 121 Å². The molecule has 0 amide bonds. The molecular weight excluding hydrogens is 252 g/mol. The zero-order chi connectivity index (χ0) is 14.4. The van der Waals surface area contributed by atoms with E-state index in [1.165, 1.54) is 38.5 Å². The summed E-state index contributed by atoms with van der Waals surface area (Å²) in [5.41, 5.74) is 0. The number of nitrogens with zero attached hydrogens (tertiary/aromatic N) is 4. The number of hydrogen-bond donors (Lipinski definition) is 2. The monoisotopic (exact) mass is 278 g/mol. The standard InChI is InChI=1S/C14H26N6/c1-4-15-12-17-13(19-14(18-12)20(2)3)16-11-9-7-5-6-8-10-11/h11H,4-10H2,1-3H3,(H2,15,16,17,18,19). The minimum absolute atomic E-state index is 0.490. The molecule has 112 valence electrons. The minimum Gasteiger partial charge on any atom is -0.354 e. The largest absolute Gasteiger partial charge is 0.354 e. The van der Waals surface area contributed by atoms with Crippen LogP contribution in [0.2, 0.25) is 0 Å². The van der Waals surface area contributed by atoms with Crippen LogP contribution >= 0.6 is 0 Å². The van der Waals surface area contributed by atoms with Crippen molar-refractivity contribution in [3.8, 4) is 0 Å². The van der Waals surface area contributed by atoms with Crippen molar-refractivity contribution in [3.05, 3.63) is 0 Å². The van der Waals surface area contributed by atoms with E-state index < -0.39 is 0 Å². The van der Waals surface area contributed by atoms with Crippen LogP contribution in [0.4, 0.5) is 17.8 Å². The van der Waals surface area contributed by atoms with Crippen molar-refractivity contribution in [2.24, 2.45) is 0 Å². The molecule has 20 heavy (non-hydrogen) atoms. The Balaban J connectivity index is 2.12. The SMILES string of the molecule is CCNc1nc(NC2CCCCCC2)nc(N(C)C)n1. The summed E-state index contributed by atoms with van der Waals surface area (Å²) in [6.07, 6.45) is 7.70. The van der Waals surface area contributed by atoms with Gasteiger partial charge in [-0.15, -0.1) is 0 Å². The molecule has 0 saturated heterocycles. The van der Waals surface area contributed by atoms with Gasteiger partial charge in [0.1, 0.15) is 0 Å². The van der Waals surface area contributed by atoms with Gasteiger partial charge >= 0.3 is 0 Å². The predicted octanol–water partition coefficient (Wildman–Crippen LogP) is 2.50. The molecule has 0 aliphatic heterocycles. The molecule has 0 unspecified atom stereocenters. The maximum atomic E-state index is 4.49. The highest BCUT2D eigenvalue weighted by Crippen LogP contribution is 2.20. The van der Waals surface area contributed by atoms with Gasteiger partial charge in [0.05, 0.1) is 0 Å². The first-order valence-corrected chi connectivity index (χ1v) is 7.63. The van der Waals surface area contributed by atoms with Gasteiger partial charge in [-0.1, -0.05) is 25.7 Å². The second-order valence-electron chi connectivity index (χ2n) is 5.54. The third-order valence-electron chi connectivity index (χ3n) is 3.55. The number of rotatable bonds is 5. The molecule has 6 heteroatoms. The fourth-order valence-electron chi connectivity index (χ4n) is 2.47. The van der Waals surface area contributed by atoms with E-state index in [9.17, 15) is 0 Å². The molecule has 1 saturated carbocycles. The van der Waals surface area contributed by atoms with Crippen LogP contribution in [0.15, 0.2) is 0 Å². The predicted molar refractivity (Wildman–Crippen MR) is 83.4 cm³/mol. The molecule has 0 radical (unpaired) electrons. The van der Waals surface area contributed by atoms with E-state index in [2.05, 4.69) is 25.6 Å². The van der Waals surface area contributed by atoms with E-state index in [1.807, 2.05) is 25.9 Å². The Morgan fingerprint density at radius 2 is 1.65 bits per heavy atom. The normalized spacial score (nSPS) is 16.6. The third kappa shape index (κ3) is 4.21. The topological polar surface area (TPSA) is 66.0 Å². The van der Waals surface area contributed by atoms with Gasteiger partial charge in [0, 0.05) is 26.7 Å². The van der Waals surface area contributed by atoms with Crippen molar-refractivity contribution in [1.29, 1.82) is 0 Å². The quantitative estimate of drug-likeness (QED) is 0.807. The zero-order valence-corrected chi connectivity index (χ0v) is 12.8. The highest BCUT2D eigenvalue weighted by Gasteiger charge is 2.15. The molecule has 0 bridgehead atoms. The van der Waals surface area contributed by atoms with E-state index in [4.69, 9.17) is 0 Å². The van der Waals surface area contributed by atoms with Crippen molar-refractivity contribution in [1.82, 2.24) is 15.0 Å². The zero-order valence-electron chi connectivity index (χ0n) is 12.8. The number of nitrogens with one attached hydrogen (secondary N) is 2. The molecule has 0 aromatic carbocycles. The summed E-state index contributed by atoms with van der Waals surface area (Å²) in [5.74, 6) is 2.01. The van der Waals surface area contributed by atoms with E-state index in [1.54, 1.807) is 0 Å². The van der Waals surface area contributed by atoms with Crippen LogP contribution < -0.4 is 15.5 Å². The summed E-state index contributed by atoms with van der Waals surface area (Å²) >= 11 is 0. The second kappa shape index (κ2) is 7.26. The fourth-order valence-corrected chi connectivity index (χ4v) is 2.47. The summed E-state index contributed by atoms with van der Waals surface area (Å²) < 4.78 is 0. The molecule has 2 N–H and O–H groups in total. The third-order valence-corrected chi connectivity index (χ3v) is 3.55. The van der Waals surface area contributed by atoms with Crippen molar-refractivity contribution < 1.29 is 0 Å². The first kappa shape index (κ1) is 14.8. The Bertz CT molecular complexity index is 412. The molecule has 1 aliphatic rings. The van der Waals surface area contributed by atoms with Crippen molar-refractivity contribution in [3.63, 3.8) is 0 Å². The molecular formula is C14H26N6. The van der Waals surface area contributed by atoms with Gasteiger partial charge in [-0.2, -0.15) is 15.0 Å². The maximum absolute atomic E-state index is 4.49. The van der Waals surface area contributed by atoms with Crippen LogP contribution in [0.1, 0.15) is 45.4 Å². The summed E-state index contributed by atoms with van der Waals surface area (Å²) in [5, 5.41) is 6.65. The second-order valence-corrected chi connectivity index (χ2v) is 5.54. The summed E-state index contributed by atoms with van der Waals surface area (Å²) in [6.45, 7) is 2.84. The molecule has 6 nitrogen and oxygen atoms in total. The van der Waals surface area contributed by atoms with E-state index in [-0.39, 0.29) is 0 Å². The first-order chi connectivity index (χ1) is 9.69. The van der Waals surface area contributed by atoms with Crippen LogP contribution in [0.5, 0.6) is 0 Å². The van der Waals surface area contributed by atoms with E-state index in [0.29, 0.717) is 23.9 Å². The van der Waals surface area contributed by atoms with Gasteiger partial charge in [0.25, 0.3) is 0 Å². The molecule has 2 rings (SSSR count). The first-order valence-electron chi connectivity index (χ1n) is 7.63. The molecule has 0 atom stereocenters. The lowest BCUT2D eigenvalue weighted by Crippen LogP contribution is -2.22. The number of aromatic nitrogens is 3. The lowest BCUT2D eigenvalue weighted by Gasteiger charge is -2.18. The Morgan fingerprint density at radius 3 is 2.25 bits per heavy atom. The van der Waals surface area contributed by atoms with Gasteiger partial charge in [-0.05, 0) is 19.8 Å². The van der Waals surface area contributed by atoms with Crippen LogP contribution in [-0.4, -0.2) is 41.6 Å². The van der Waals surface area contributed by atoms with Gasteiger partial charge in [-0.3, -0.25) is 0 Å². The van der Waals surface area contributed by atoms with Crippen molar-refractivity contribution in [2.45, 2.75) is 51.5 Å². The maximum Gasteiger partial charge on any atom is 0.231 e. The van der Waals surface area contributed by atoms with Crippen LogP contribution in [0.25, 0.3) is 0 Å². The number of hydrogen-bond acceptors (Lipinski definition) is 6. The Morgan fingerprint density at radius 1 is 1.00 bits per heavy atom. The highest BCUT2D eigenvalue weighted by atomic mass is 15.3. The molecule has 1 fully saturated rings. The average Bonchev–Trinajstić information content (AvgIpc) is 2.67. The van der Waals surface area contributed by atoms with E-state index >= 15 is 0 Å². The van der Waals surface area contributed by atoms with Crippen LogP contribution in [-0.2, 0) is 0 Å². The Kier molecular flexibility index (Phi) is 5.38. The summed E-state index contributed by atoms with van der Waals surface area (Å²) in [4.78, 5) is 15.2. The molecule has 1 heterocycles. The fraction of sp³-hybridized carbons (Fsp3) is 0.786. The lowest BCUT2D eigenvalue weighted by molar-refractivity contribution is 0.614. The summed E-state index contributed by atoms with van der Waals surface area (Å²) in [6, 6.07) is 0.490. The smallest absolute Gasteiger partial charge is 0.231 e. The lowest BCUT2D eigenvalue weighted by atomic mass is 10.1. The van der Waals surface area contributed by atoms with E-state index in [0.717, 1.165) is 6.54 Å². The minimum atomic E-state index is 0.490. The van der Waals surface area contributed by atoms with Crippen LogP contribution in [0, 0.1) is 0 Å². The molecule has 0 spiro atoms. The van der Waals surface area contributed by atoms with Gasteiger partial charge in [-0.25, -0.2) is 0 Å². The number of anilines is 3. The van der Waals surface area contributed by atoms with Crippen LogP contribution in [0.3, 0.4) is 0 Å².